The van der Waals surface area contributed by atoms with Crippen molar-refractivity contribution in [2.75, 3.05) is 11.4 Å². The summed E-state index contributed by atoms with van der Waals surface area (Å²) in [7, 11) is 1.80. The molecule has 1 saturated heterocycles. The van der Waals surface area contributed by atoms with Gasteiger partial charge in [0.15, 0.2) is 0 Å². The Morgan fingerprint density at radius 3 is 2.61 bits per heavy atom. The van der Waals surface area contributed by atoms with Crippen molar-refractivity contribution in [3.8, 4) is 0 Å². The highest BCUT2D eigenvalue weighted by Crippen LogP contribution is 2.21. The highest BCUT2D eigenvalue weighted by molar-refractivity contribution is 5.99. The number of rotatable bonds is 6. The summed E-state index contributed by atoms with van der Waals surface area (Å²) in [6, 6.07) is 7.78. The molecule has 2 aromatic rings. The first-order chi connectivity index (χ1) is 13.3. The van der Waals surface area contributed by atoms with Gasteiger partial charge in [-0.2, -0.15) is 5.10 Å². The van der Waals surface area contributed by atoms with Crippen molar-refractivity contribution in [2.45, 2.75) is 38.6 Å². The molecule has 1 aromatic carbocycles. The molecule has 1 aliphatic heterocycles. The SMILES string of the molecule is Cc1cc(N2CCCC(NC(=O)CCc3ccc(C(=O)O)cc3)C2=O)n(C)n1. The summed E-state index contributed by atoms with van der Waals surface area (Å²) in [4.78, 5) is 37.7. The quantitative estimate of drug-likeness (QED) is 0.788. The van der Waals surface area contributed by atoms with Crippen LogP contribution in [0.4, 0.5) is 5.82 Å². The lowest BCUT2D eigenvalue weighted by Crippen LogP contribution is -2.53. The molecule has 0 spiro atoms. The van der Waals surface area contributed by atoms with E-state index in [4.69, 9.17) is 5.11 Å². The van der Waals surface area contributed by atoms with E-state index in [9.17, 15) is 14.4 Å². The van der Waals surface area contributed by atoms with E-state index in [0.717, 1.165) is 23.5 Å². The molecule has 8 heteroatoms. The average molecular weight is 384 g/mol. The van der Waals surface area contributed by atoms with Gasteiger partial charge in [0.25, 0.3) is 5.91 Å². The fraction of sp³-hybridized carbons (Fsp3) is 0.400. The number of carbonyl (C=O) groups is 3. The Kier molecular flexibility index (Phi) is 5.77. The van der Waals surface area contributed by atoms with E-state index in [1.165, 1.54) is 12.1 Å². The number of benzene rings is 1. The van der Waals surface area contributed by atoms with Crippen LogP contribution in [0.5, 0.6) is 0 Å². The van der Waals surface area contributed by atoms with Crippen LogP contribution in [0, 0.1) is 6.92 Å². The molecule has 1 atom stereocenters. The Morgan fingerprint density at radius 2 is 2.00 bits per heavy atom. The molecule has 1 aliphatic rings. The van der Waals surface area contributed by atoms with Crippen LogP contribution in [-0.2, 0) is 23.1 Å². The number of anilines is 1. The van der Waals surface area contributed by atoms with Gasteiger partial charge in [0, 0.05) is 26.1 Å². The Morgan fingerprint density at radius 1 is 1.29 bits per heavy atom. The van der Waals surface area contributed by atoms with Gasteiger partial charge < -0.3 is 10.4 Å². The predicted octanol–water partition coefficient (Wildman–Crippen LogP) is 1.67. The van der Waals surface area contributed by atoms with E-state index >= 15 is 0 Å². The van der Waals surface area contributed by atoms with Crippen LogP contribution in [0.1, 0.15) is 40.9 Å². The lowest BCUT2D eigenvalue weighted by atomic mass is 10.0. The number of nitrogens with one attached hydrogen (secondary N) is 1. The van der Waals surface area contributed by atoms with Gasteiger partial charge in [0.05, 0.1) is 11.3 Å². The van der Waals surface area contributed by atoms with Crippen LogP contribution in [0.2, 0.25) is 0 Å². The number of piperidine rings is 1. The topological polar surface area (TPSA) is 105 Å². The first kappa shape index (κ1) is 19.6. The smallest absolute Gasteiger partial charge is 0.335 e. The normalized spacial score (nSPS) is 16.9. The maximum absolute atomic E-state index is 12.8. The third-order valence-corrected chi connectivity index (χ3v) is 4.87. The molecule has 0 radical (unpaired) electrons. The molecule has 3 rings (SSSR count). The molecular weight excluding hydrogens is 360 g/mol. The fourth-order valence-corrected chi connectivity index (χ4v) is 3.42. The molecule has 1 aromatic heterocycles. The van der Waals surface area contributed by atoms with E-state index in [-0.39, 0.29) is 23.8 Å². The van der Waals surface area contributed by atoms with Gasteiger partial charge in [-0.25, -0.2) is 4.79 Å². The van der Waals surface area contributed by atoms with Crippen molar-refractivity contribution in [3.63, 3.8) is 0 Å². The van der Waals surface area contributed by atoms with Crippen LogP contribution in [0.15, 0.2) is 30.3 Å². The molecule has 28 heavy (non-hydrogen) atoms. The van der Waals surface area contributed by atoms with Crippen LogP contribution < -0.4 is 10.2 Å². The predicted molar refractivity (Wildman–Crippen MR) is 103 cm³/mol. The third-order valence-electron chi connectivity index (χ3n) is 4.87. The summed E-state index contributed by atoms with van der Waals surface area (Å²) in [6.45, 7) is 2.49. The molecular formula is C20H24N4O4. The van der Waals surface area contributed by atoms with Crippen molar-refractivity contribution < 1.29 is 19.5 Å². The minimum absolute atomic E-state index is 0.117. The largest absolute Gasteiger partial charge is 0.478 e. The number of nitrogens with zero attached hydrogens (tertiary/aromatic N) is 3. The molecule has 1 fully saturated rings. The van der Waals surface area contributed by atoms with E-state index in [2.05, 4.69) is 10.4 Å². The summed E-state index contributed by atoms with van der Waals surface area (Å²) < 4.78 is 1.68. The number of carboxylic acids is 1. The van der Waals surface area contributed by atoms with E-state index in [1.54, 1.807) is 28.8 Å². The van der Waals surface area contributed by atoms with E-state index in [1.807, 2.05) is 13.0 Å². The standard InChI is InChI=1S/C20H24N4O4/c1-13-12-18(23(2)22-13)24-11-3-4-16(19(24)26)21-17(25)10-7-14-5-8-15(9-6-14)20(27)28/h5-6,8-9,12,16H,3-4,7,10-11H2,1-2H3,(H,21,25)(H,27,28). The Bertz CT molecular complexity index is 888. The minimum atomic E-state index is -0.978. The Hall–Kier alpha value is -3.16. The first-order valence-electron chi connectivity index (χ1n) is 9.29. The number of aryl methyl sites for hydroxylation is 3. The van der Waals surface area contributed by atoms with Crippen LogP contribution >= 0.6 is 0 Å². The molecule has 2 amide bonds. The number of hydrogen-bond acceptors (Lipinski definition) is 4. The van der Waals surface area contributed by atoms with E-state index < -0.39 is 12.0 Å². The third kappa shape index (κ3) is 4.39. The van der Waals surface area contributed by atoms with Crippen molar-refractivity contribution in [1.29, 1.82) is 0 Å². The second-order valence-electron chi connectivity index (χ2n) is 7.02. The molecule has 2 heterocycles. The molecule has 8 nitrogen and oxygen atoms in total. The first-order valence-corrected chi connectivity index (χ1v) is 9.29. The average Bonchev–Trinajstić information content (AvgIpc) is 3.00. The molecule has 0 saturated carbocycles. The second-order valence-corrected chi connectivity index (χ2v) is 7.02. The van der Waals surface area contributed by atoms with E-state index in [0.29, 0.717) is 19.4 Å². The van der Waals surface area contributed by atoms with Gasteiger partial charge in [-0.1, -0.05) is 12.1 Å². The van der Waals surface area contributed by atoms with Crippen LogP contribution in [0.25, 0.3) is 0 Å². The van der Waals surface area contributed by atoms with Crippen molar-refractivity contribution in [3.05, 3.63) is 47.2 Å². The minimum Gasteiger partial charge on any atom is -0.478 e. The van der Waals surface area contributed by atoms with Crippen molar-refractivity contribution >= 4 is 23.6 Å². The van der Waals surface area contributed by atoms with Crippen molar-refractivity contribution in [1.82, 2.24) is 15.1 Å². The maximum Gasteiger partial charge on any atom is 0.335 e. The van der Waals surface area contributed by atoms with Gasteiger partial charge in [0.2, 0.25) is 5.91 Å². The van der Waals surface area contributed by atoms with Gasteiger partial charge in [-0.05, 0) is 43.9 Å². The fourth-order valence-electron chi connectivity index (χ4n) is 3.42. The monoisotopic (exact) mass is 384 g/mol. The second kappa shape index (κ2) is 8.24. The lowest BCUT2D eigenvalue weighted by molar-refractivity contribution is -0.128. The lowest BCUT2D eigenvalue weighted by Gasteiger charge is -2.32. The highest BCUT2D eigenvalue weighted by Gasteiger charge is 2.32. The number of carbonyl (C=O) groups excluding carboxylic acids is 2. The number of amides is 2. The number of aromatic carboxylic acids is 1. The van der Waals surface area contributed by atoms with Gasteiger partial charge in [0.1, 0.15) is 11.9 Å². The summed E-state index contributed by atoms with van der Waals surface area (Å²) in [5.74, 6) is -0.551. The summed E-state index contributed by atoms with van der Waals surface area (Å²) >= 11 is 0. The van der Waals surface area contributed by atoms with Gasteiger partial charge >= 0.3 is 5.97 Å². The molecule has 0 bridgehead atoms. The molecule has 0 aliphatic carbocycles. The summed E-state index contributed by atoms with van der Waals surface area (Å²) in [5, 5.41) is 16.0. The van der Waals surface area contributed by atoms with Gasteiger partial charge in [-0.3, -0.25) is 19.2 Å². The zero-order chi connectivity index (χ0) is 20.3. The molecule has 2 N–H and O–H groups in total. The number of carboxylic acid groups (broad SMARTS) is 1. The zero-order valence-electron chi connectivity index (χ0n) is 16.0. The van der Waals surface area contributed by atoms with Gasteiger partial charge in [-0.15, -0.1) is 0 Å². The number of hydrogen-bond donors (Lipinski definition) is 2. The Labute approximate surface area is 163 Å². The van der Waals surface area contributed by atoms with Crippen LogP contribution in [-0.4, -0.2) is 45.3 Å². The molecule has 1 unspecified atom stereocenters. The van der Waals surface area contributed by atoms with Crippen molar-refractivity contribution in [2.24, 2.45) is 7.05 Å². The zero-order valence-corrected chi connectivity index (χ0v) is 16.0. The Balaban J connectivity index is 1.56. The van der Waals surface area contributed by atoms with Crippen LogP contribution in [0.3, 0.4) is 0 Å². The summed E-state index contributed by atoms with van der Waals surface area (Å²) in [6.07, 6.45) is 2.14. The maximum atomic E-state index is 12.8. The number of aromatic nitrogens is 2. The molecule has 148 valence electrons. The summed E-state index contributed by atoms with van der Waals surface area (Å²) in [5.41, 5.74) is 1.93. The highest BCUT2D eigenvalue weighted by atomic mass is 16.4.